The molecule has 0 aromatic rings. The van der Waals surface area contributed by atoms with E-state index < -0.39 is 16.5 Å². The zero-order valence-electron chi connectivity index (χ0n) is 21.9. The molecule has 0 amide bonds. The highest BCUT2D eigenvalue weighted by Crippen LogP contribution is 2.68. The summed E-state index contributed by atoms with van der Waals surface area (Å²) in [7, 11) is -4.44. The summed E-state index contributed by atoms with van der Waals surface area (Å²) in [5.41, 5.74) is 6.89. The average Bonchev–Trinajstić information content (AvgIpc) is 3.08. The summed E-state index contributed by atoms with van der Waals surface area (Å²) in [5, 5.41) is 11.4. The Hall–Kier alpha value is -0.210. The average molecular weight is 500 g/mol. The van der Waals surface area contributed by atoms with E-state index in [1.54, 1.807) is 0 Å². The Kier molecular flexibility index (Phi) is 7.57. The van der Waals surface area contributed by atoms with Crippen LogP contribution in [0.15, 0.2) is 0 Å². The van der Waals surface area contributed by atoms with Crippen molar-refractivity contribution in [3.63, 3.8) is 0 Å². The second kappa shape index (κ2) is 9.59. The van der Waals surface area contributed by atoms with Crippen molar-refractivity contribution in [1.29, 1.82) is 0 Å². The number of hydrogen-bond donors (Lipinski definition) is 3. The monoisotopic (exact) mass is 499 g/mol. The van der Waals surface area contributed by atoms with Gasteiger partial charge in [0.2, 0.25) is 0 Å². The fourth-order valence-corrected chi connectivity index (χ4v) is 10.1. The van der Waals surface area contributed by atoms with Crippen LogP contribution in [0.1, 0.15) is 98.8 Å². The van der Waals surface area contributed by atoms with Crippen molar-refractivity contribution in [3.05, 3.63) is 0 Å². The van der Waals surface area contributed by atoms with E-state index in [0.717, 1.165) is 25.7 Å². The summed E-state index contributed by atoms with van der Waals surface area (Å²) in [6, 6.07) is 0.298. The van der Waals surface area contributed by atoms with Gasteiger partial charge in [-0.2, -0.15) is 8.42 Å². The predicted octanol–water partition coefficient (Wildman–Crippen LogP) is 5.20. The fourth-order valence-electron chi connectivity index (χ4n) is 9.51. The van der Waals surface area contributed by atoms with Crippen LogP contribution < -0.4 is 5.73 Å². The lowest BCUT2D eigenvalue weighted by Crippen LogP contribution is -2.59. The predicted molar refractivity (Wildman–Crippen MR) is 134 cm³/mol. The molecule has 7 heteroatoms. The second-order valence-electron chi connectivity index (χ2n) is 13.4. The van der Waals surface area contributed by atoms with Gasteiger partial charge in [-0.1, -0.05) is 34.6 Å². The third-order valence-electron chi connectivity index (χ3n) is 11.4. The van der Waals surface area contributed by atoms with Crippen molar-refractivity contribution in [2.24, 2.45) is 58.0 Å². The van der Waals surface area contributed by atoms with Gasteiger partial charge < -0.3 is 10.8 Å². The highest BCUT2D eigenvalue weighted by Gasteiger charge is 2.62. The molecule has 4 aliphatic carbocycles. The molecule has 0 saturated heterocycles. The van der Waals surface area contributed by atoms with Crippen molar-refractivity contribution in [3.8, 4) is 0 Å². The third kappa shape index (κ3) is 4.85. The highest BCUT2D eigenvalue weighted by molar-refractivity contribution is 7.80. The van der Waals surface area contributed by atoms with E-state index in [2.05, 4.69) is 20.8 Å². The number of aliphatic hydroxyl groups is 1. The van der Waals surface area contributed by atoms with Crippen molar-refractivity contribution in [2.75, 3.05) is 0 Å². The number of rotatable bonds is 7. The molecule has 4 aliphatic rings. The van der Waals surface area contributed by atoms with E-state index in [-0.39, 0.29) is 17.4 Å². The van der Waals surface area contributed by atoms with Gasteiger partial charge in [0.15, 0.2) is 0 Å². The SMILES string of the molecule is CC(CC[C@@H](OS(=O)(=O)O)C(C)C)C1CCC2C3C(O)CC4C[C@@H](N)CCC4(C)C3CCC12C. The van der Waals surface area contributed by atoms with E-state index in [1.807, 2.05) is 13.8 Å². The largest absolute Gasteiger partial charge is 0.397 e. The normalized spacial score (nSPS) is 46.4. The number of aliphatic hydroxyl groups excluding tert-OH is 1. The highest BCUT2D eigenvalue weighted by atomic mass is 32.3. The van der Waals surface area contributed by atoms with E-state index in [0.29, 0.717) is 53.4 Å². The zero-order chi connectivity index (χ0) is 25.1. The van der Waals surface area contributed by atoms with Gasteiger partial charge in [-0.05, 0) is 116 Å². The van der Waals surface area contributed by atoms with Crippen LogP contribution in [0.5, 0.6) is 0 Å². The maximum atomic E-state index is 11.4. The Bertz CT molecular complexity index is 833. The molecule has 11 atom stereocenters. The van der Waals surface area contributed by atoms with E-state index in [9.17, 15) is 18.1 Å². The third-order valence-corrected chi connectivity index (χ3v) is 11.9. The van der Waals surface area contributed by atoms with Crippen LogP contribution >= 0.6 is 0 Å². The smallest absolute Gasteiger partial charge is 0.393 e. The van der Waals surface area contributed by atoms with Gasteiger partial charge >= 0.3 is 10.4 Å². The summed E-state index contributed by atoms with van der Waals surface area (Å²) in [4.78, 5) is 0. The molecular formula is C27H49NO5S. The van der Waals surface area contributed by atoms with Crippen LogP contribution in [0.3, 0.4) is 0 Å². The first-order valence-electron chi connectivity index (χ1n) is 13.9. The minimum atomic E-state index is -4.44. The molecule has 198 valence electrons. The van der Waals surface area contributed by atoms with Gasteiger partial charge in [-0.3, -0.25) is 4.55 Å². The molecule has 9 unspecified atom stereocenters. The Labute approximate surface area is 207 Å². The summed E-state index contributed by atoms with van der Waals surface area (Å²) in [6.07, 6.45) is 9.95. The van der Waals surface area contributed by atoms with Crippen molar-refractivity contribution in [2.45, 2.75) is 117 Å². The van der Waals surface area contributed by atoms with Gasteiger partial charge in [0.05, 0.1) is 12.2 Å². The van der Waals surface area contributed by atoms with Crippen LogP contribution in [0, 0.1) is 52.3 Å². The number of nitrogens with two attached hydrogens (primary N) is 1. The van der Waals surface area contributed by atoms with Crippen molar-refractivity contribution in [1.82, 2.24) is 0 Å². The minimum absolute atomic E-state index is 0.0196. The first-order valence-corrected chi connectivity index (χ1v) is 15.2. The molecule has 4 saturated carbocycles. The molecule has 4 N–H and O–H groups in total. The summed E-state index contributed by atoms with van der Waals surface area (Å²) >= 11 is 0. The van der Waals surface area contributed by atoms with Crippen LogP contribution in [0.25, 0.3) is 0 Å². The lowest BCUT2D eigenvalue weighted by molar-refractivity contribution is -0.166. The lowest BCUT2D eigenvalue weighted by atomic mass is 9.43. The Morgan fingerprint density at radius 1 is 0.971 bits per heavy atom. The molecular weight excluding hydrogens is 450 g/mol. The molecule has 0 spiro atoms. The van der Waals surface area contributed by atoms with Gasteiger partial charge in [-0.15, -0.1) is 0 Å². The Morgan fingerprint density at radius 2 is 1.62 bits per heavy atom. The van der Waals surface area contributed by atoms with E-state index in [4.69, 9.17) is 9.92 Å². The molecule has 0 radical (unpaired) electrons. The topological polar surface area (TPSA) is 110 Å². The molecule has 34 heavy (non-hydrogen) atoms. The van der Waals surface area contributed by atoms with Gasteiger partial charge in [-0.25, -0.2) is 4.18 Å². The van der Waals surface area contributed by atoms with Crippen LogP contribution in [0.2, 0.25) is 0 Å². The first kappa shape index (κ1) is 26.8. The first-order chi connectivity index (χ1) is 15.8. The Balaban J connectivity index is 1.47. The molecule has 4 rings (SSSR count). The zero-order valence-corrected chi connectivity index (χ0v) is 22.8. The summed E-state index contributed by atoms with van der Waals surface area (Å²) in [5.74, 6) is 3.18. The molecule has 0 aliphatic heterocycles. The summed E-state index contributed by atoms with van der Waals surface area (Å²) in [6.45, 7) is 11.2. The van der Waals surface area contributed by atoms with Crippen LogP contribution in [-0.4, -0.2) is 36.3 Å². The maximum absolute atomic E-state index is 11.4. The van der Waals surface area contributed by atoms with Gasteiger partial charge in [0.25, 0.3) is 0 Å². The van der Waals surface area contributed by atoms with Crippen molar-refractivity contribution < 1.29 is 22.3 Å². The Morgan fingerprint density at radius 3 is 2.26 bits per heavy atom. The van der Waals surface area contributed by atoms with Crippen molar-refractivity contribution >= 4 is 10.4 Å². The quantitative estimate of drug-likeness (QED) is 0.415. The molecule has 6 nitrogen and oxygen atoms in total. The van der Waals surface area contributed by atoms with Crippen LogP contribution in [0.4, 0.5) is 0 Å². The molecule has 0 aromatic heterocycles. The maximum Gasteiger partial charge on any atom is 0.397 e. The summed E-state index contributed by atoms with van der Waals surface area (Å²) < 4.78 is 36.8. The molecule has 0 heterocycles. The van der Waals surface area contributed by atoms with E-state index >= 15 is 0 Å². The molecule has 0 bridgehead atoms. The molecule has 4 fully saturated rings. The fraction of sp³-hybridized carbons (Fsp3) is 1.00. The van der Waals surface area contributed by atoms with Gasteiger partial charge in [0.1, 0.15) is 0 Å². The van der Waals surface area contributed by atoms with E-state index in [1.165, 1.54) is 32.1 Å². The van der Waals surface area contributed by atoms with Crippen LogP contribution in [-0.2, 0) is 14.6 Å². The van der Waals surface area contributed by atoms with Gasteiger partial charge in [0, 0.05) is 6.04 Å². The molecule has 0 aromatic carbocycles. The minimum Gasteiger partial charge on any atom is -0.393 e. The number of fused-ring (bicyclic) bond motifs is 5. The standard InChI is InChI=1S/C27H49NO5S/c1-16(2)24(33-34(30,31)32)9-6-17(3)20-7-8-21-25-22(11-13-27(20,21)5)26(4)12-10-19(28)14-18(26)15-23(25)29/h16-25,29H,6-15,28H2,1-5H3,(H,30,31,32)/t17?,18?,19-,20?,21?,22?,23?,24+,25?,26?,27?/m0/s1. The second-order valence-corrected chi connectivity index (χ2v) is 14.5. The number of hydrogen-bond acceptors (Lipinski definition) is 5. The lowest BCUT2D eigenvalue weighted by Gasteiger charge is -2.62.